The van der Waals surface area contributed by atoms with Gasteiger partial charge in [0.25, 0.3) is 11.5 Å². The largest absolute Gasteiger partial charge is 0.321 e. The molecule has 3 aromatic rings. The van der Waals surface area contributed by atoms with Gasteiger partial charge in [-0.3, -0.25) is 9.59 Å². The van der Waals surface area contributed by atoms with Crippen LogP contribution in [-0.2, 0) is 7.05 Å². The molecule has 0 saturated heterocycles. The molecule has 0 bridgehead atoms. The van der Waals surface area contributed by atoms with Crippen LogP contribution in [0.5, 0.6) is 0 Å². The third kappa shape index (κ3) is 2.91. The Hall–Kier alpha value is -2.63. The molecule has 0 fully saturated rings. The summed E-state index contributed by atoms with van der Waals surface area (Å²) in [5.41, 5.74) is 1.10. The number of nitrogens with zero attached hydrogens (tertiary/aromatic N) is 3. The number of nitrogens with one attached hydrogen (secondary N) is 1. The van der Waals surface area contributed by atoms with Crippen LogP contribution in [0.15, 0.2) is 40.3 Å². The van der Waals surface area contributed by atoms with Crippen LogP contribution in [0, 0.1) is 17.6 Å². The number of anilines is 1. The normalized spacial score (nSPS) is 10.5. The summed E-state index contributed by atoms with van der Waals surface area (Å²) >= 11 is 2.26. The van der Waals surface area contributed by atoms with E-state index >= 15 is 0 Å². The molecule has 1 N–H and O–H groups in total. The van der Waals surface area contributed by atoms with E-state index in [4.69, 9.17) is 5.26 Å². The van der Waals surface area contributed by atoms with Crippen molar-refractivity contribution >= 4 is 44.9 Å². The highest BCUT2D eigenvalue weighted by molar-refractivity contribution is 8.03. The van der Waals surface area contributed by atoms with E-state index in [1.165, 1.54) is 22.2 Å². The molecule has 24 heavy (non-hydrogen) atoms. The lowest BCUT2D eigenvalue weighted by Gasteiger charge is -2.04. The summed E-state index contributed by atoms with van der Waals surface area (Å²) in [6.45, 7) is 1.75. The quantitative estimate of drug-likeness (QED) is 0.575. The monoisotopic (exact) mass is 356 g/mol. The first kappa shape index (κ1) is 16.2. The Morgan fingerprint density at radius 1 is 1.38 bits per heavy atom. The number of thiocyanates is 1. The molecule has 1 aromatic carbocycles. The molecule has 1 amide bonds. The molecule has 0 aliphatic rings. The predicted molar refractivity (Wildman–Crippen MR) is 95.5 cm³/mol. The third-order valence-corrected chi connectivity index (χ3v) is 5.29. The van der Waals surface area contributed by atoms with Crippen LogP contribution in [0.25, 0.3) is 10.2 Å². The van der Waals surface area contributed by atoms with Gasteiger partial charge in [0.05, 0.1) is 16.6 Å². The summed E-state index contributed by atoms with van der Waals surface area (Å²) in [4.78, 5) is 30.8. The van der Waals surface area contributed by atoms with Crippen LogP contribution in [0.3, 0.4) is 0 Å². The lowest BCUT2D eigenvalue weighted by atomic mass is 10.2. The summed E-state index contributed by atoms with van der Waals surface area (Å²) < 4.78 is 1.40. The Morgan fingerprint density at radius 3 is 2.75 bits per heavy atom. The first-order valence-corrected chi connectivity index (χ1v) is 8.56. The van der Waals surface area contributed by atoms with Gasteiger partial charge >= 0.3 is 0 Å². The van der Waals surface area contributed by atoms with Crippen molar-refractivity contribution in [2.45, 2.75) is 11.8 Å². The van der Waals surface area contributed by atoms with Crippen LogP contribution in [0.4, 0.5) is 5.69 Å². The van der Waals surface area contributed by atoms with Gasteiger partial charge in [-0.1, -0.05) is 0 Å². The molecule has 8 heteroatoms. The average Bonchev–Trinajstić information content (AvgIpc) is 2.91. The topological polar surface area (TPSA) is 87.8 Å². The van der Waals surface area contributed by atoms with Gasteiger partial charge in [0.1, 0.15) is 10.2 Å². The SMILES string of the molecule is Cc1c(C(=O)Nc2ccc(SC#N)cc2)sc2ncn(C)c(=O)c12. The van der Waals surface area contributed by atoms with Gasteiger partial charge in [-0.15, -0.1) is 11.3 Å². The number of thioether (sulfide) groups is 1. The fraction of sp³-hybridized carbons (Fsp3) is 0.125. The van der Waals surface area contributed by atoms with Crippen molar-refractivity contribution in [3.63, 3.8) is 0 Å². The highest BCUT2D eigenvalue weighted by atomic mass is 32.2. The van der Waals surface area contributed by atoms with E-state index in [0.717, 1.165) is 16.7 Å². The molecule has 0 saturated carbocycles. The van der Waals surface area contributed by atoms with E-state index in [1.54, 1.807) is 38.2 Å². The van der Waals surface area contributed by atoms with Crippen molar-refractivity contribution in [3.8, 4) is 5.40 Å². The molecule has 2 heterocycles. The summed E-state index contributed by atoms with van der Waals surface area (Å²) in [7, 11) is 1.63. The second-order valence-corrected chi connectivity index (χ2v) is 6.93. The van der Waals surface area contributed by atoms with Gasteiger partial charge in [-0.2, -0.15) is 5.26 Å². The molecule has 2 aromatic heterocycles. The van der Waals surface area contributed by atoms with Crippen LogP contribution in [-0.4, -0.2) is 15.5 Å². The first-order valence-electron chi connectivity index (χ1n) is 6.93. The first-order chi connectivity index (χ1) is 11.5. The van der Waals surface area contributed by atoms with Gasteiger partial charge in [0.2, 0.25) is 0 Å². The Labute approximate surface area is 145 Å². The minimum Gasteiger partial charge on any atom is -0.321 e. The molecule has 0 atom stereocenters. The second-order valence-electron chi connectivity index (χ2n) is 5.07. The number of rotatable bonds is 3. The summed E-state index contributed by atoms with van der Waals surface area (Å²) in [5, 5.41) is 13.9. The smallest absolute Gasteiger partial charge is 0.266 e. The molecular weight excluding hydrogens is 344 g/mol. The maximum Gasteiger partial charge on any atom is 0.266 e. The minimum absolute atomic E-state index is 0.161. The number of fused-ring (bicyclic) bond motifs is 1. The number of carbonyl (C=O) groups excluding carboxylic acids is 1. The number of aromatic nitrogens is 2. The molecule has 6 nitrogen and oxygen atoms in total. The molecule has 0 radical (unpaired) electrons. The van der Waals surface area contributed by atoms with Crippen LogP contribution < -0.4 is 10.9 Å². The standard InChI is InChI=1S/C16H12N4O2S2/c1-9-12-15(18-8-20(2)16(12)22)24-13(9)14(21)19-10-3-5-11(6-4-10)23-7-17/h3-6,8H,1-2H3,(H,19,21). The third-order valence-electron chi connectivity index (χ3n) is 3.49. The lowest BCUT2D eigenvalue weighted by molar-refractivity contribution is 0.103. The summed E-state index contributed by atoms with van der Waals surface area (Å²) in [6, 6.07) is 6.99. The molecule has 0 unspecified atom stereocenters. The van der Waals surface area contributed by atoms with Crippen LogP contribution >= 0.6 is 23.1 Å². The molecular formula is C16H12N4O2S2. The number of hydrogen-bond acceptors (Lipinski definition) is 6. The number of hydrogen-bond donors (Lipinski definition) is 1. The predicted octanol–water partition coefficient (Wildman–Crippen LogP) is 3.13. The van der Waals surface area contributed by atoms with Crippen molar-refractivity contribution < 1.29 is 4.79 Å². The van der Waals surface area contributed by atoms with Crippen molar-refractivity contribution in [1.29, 1.82) is 5.26 Å². The minimum atomic E-state index is -0.279. The Bertz CT molecular complexity index is 1030. The number of nitriles is 1. The average molecular weight is 356 g/mol. The zero-order valence-corrected chi connectivity index (χ0v) is 14.5. The summed E-state index contributed by atoms with van der Waals surface area (Å²) in [6.07, 6.45) is 1.45. The van der Waals surface area contributed by atoms with E-state index in [1.807, 2.05) is 5.40 Å². The molecule has 0 aliphatic heterocycles. The highest BCUT2D eigenvalue weighted by Crippen LogP contribution is 2.28. The van der Waals surface area contributed by atoms with E-state index in [0.29, 0.717) is 26.3 Å². The van der Waals surface area contributed by atoms with E-state index in [9.17, 15) is 9.59 Å². The van der Waals surface area contributed by atoms with Crippen LogP contribution in [0.2, 0.25) is 0 Å². The number of aryl methyl sites for hydroxylation is 2. The number of carbonyl (C=O) groups is 1. The van der Waals surface area contributed by atoms with Crippen LogP contribution in [0.1, 0.15) is 15.2 Å². The van der Waals surface area contributed by atoms with Gasteiger partial charge in [0, 0.05) is 17.6 Å². The van der Waals surface area contributed by atoms with Gasteiger partial charge in [0.15, 0.2) is 0 Å². The Kier molecular flexibility index (Phi) is 4.38. The maximum absolute atomic E-state index is 12.5. The van der Waals surface area contributed by atoms with Gasteiger partial charge in [-0.25, -0.2) is 4.98 Å². The summed E-state index contributed by atoms with van der Waals surface area (Å²) in [5.74, 6) is -0.279. The molecule has 3 rings (SSSR count). The number of thiophene rings is 1. The Balaban J connectivity index is 1.92. The lowest BCUT2D eigenvalue weighted by Crippen LogP contribution is -2.17. The zero-order chi connectivity index (χ0) is 17.3. The number of amides is 1. The van der Waals surface area contributed by atoms with Gasteiger partial charge in [-0.05, 0) is 48.5 Å². The maximum atomic E-state index is 12.5. The number of benzene rings is 1. The van der Waals surface area contributed by atoms with Crippen molar-refractivity contribution in [2.24, 2.45) is 7.05 Å². The fourth-order valence-corrected chi connectivity index (χ4v) is 3.68. The highest BCUT2D eigenvalue weighted by Gasteiger charge is 2.19. The molecule has 0 aliphatic carbocycles. The second kappa shape index (κ2) is 6.47. The molecule has 120 valence electrons. The zero-order valence-electron chi connectivity index (χ0n) is 12.9. The van der Waals surface area contributed by atoms with E-state index in [-0.39, 0.29) is 11.5 Å². The molecule has 0 spiro atoms. The van der Waals surface area contributed by atoms with Crippen molar-refractivity contribution in [1.82, 2.24) is 9.55 Å². The van der Waals surface area contributed by atoms with Crippen molar-refractivity contribution in [2.75, 3.05) is 5.32 Å². The Morgan fingerprint density at radius 2 is 2.08 bits per heavy atom. The van der Waals surface area contributed by atoms with E-state index < -0.39 is 0 Å². The van der Waals surface area contributed by atoms with Gasteiger partial charge < -0.3 is 9.88 Å². The fourth-order valence-electron chi connectivity index (χ4n) is 2.27. The van der Waals surface area contributed by atoms with Crippen molar-refractivity contribution in [3.05, 3.63) is 51.4 Å². The van der Waals surface area contributed by atoms with E-state index in [2.05, 4.69) is 10.3 Å².